The van der Waals surface area contributed by atoms with Crippen LogP contribution in [0.4, 0.5) is 0 Å². The Morgan fingerprint density at radius 1 is 0.800 bits per heavy atom. The summed E-state index contributed by atoms with van der Waals surface area (Å²) >= 11 is 0. The number of hydrogen-bond donors (Lipinski definition) is 1. The zero-order valence-corrected chi connectivity index (χ0v) is 14.0. The standard InChI is InChI=1S/C16H35NO3/c1-5-6-9-18-11-13-20-14-12-19-10-7-8-15(17)16(2,3)4/h15H,5-14,17H2,1-4H3. The van der Waals surface area contributed by atoms with Crippen LogP contribution in [0.2, 0.25) is 0 Å². The highest BCUT2D eigenvalue weighted by molar-refractivity contribution is 4.76. The normalized spacial score (nSPS) is 13.7. The van der Waals surface area contributed by atoms with Gasteiger partial charge in [-0.1, -0.05) is 34.1 Å². The Hall–Kier alpha value is -0.160. The van der Waals surface area contributed by atoms with Gasteiger partial charge in [-0.05, 0) is 24.7 Å². The summed E-state index contributed by atoms with van der Waals surface area (Å²) in [7, 11) is 0. The Morgan fingerprint density at radius 2 is 1.25 bits per heavy atom. The monoisotopic (exact) mass is 289 g/mol. The van der Waals surface area contributed by atoms with Gasteiger partial charge >= 0.3 is 0 Å². The van der Waals surface area contributed by atoms with E-state index in [0.29, 0.717) is 26.4 Å². The first-order valence-electron chi connectivity index (χ1n) is 7.97. The molecule has 0 aromatic rings. The van der Waals surface area contributed by atoms with E-state index in [-0.39, 0.29) is 11.5 Å². The van der Waals surface area contributed by atoms with Crippen molar-refractivity contribution in [1.29, 1.82) is 0 Å². The van der Waals surface area contributed by atoms with E-state index >= 15 is 0 Å². The van der Waals surface area contributed by atoms with E-state index in [1.807, 2.05) is 0 Å². The highest BCUT2D eigenvalue weighted by Gasteiger charge is 2.19. The number of hydrogen-bond acceptors (Lipinski definition) is 4. The molecule has 0 saturated carbocycles. The first kappa shape index (κ1) is 19.8. The molecule has 0 bridgehead atoms. The summed E-state index contributed by atoms with van der Waals surface area (Å²) in [5.74, 6) is 0. The molecule has 0 aromatic carbocycles. The van der Waals surface area contributed by atoms with E-state index < -0.39 is 0 Å². The van der Waals surface area contributed by atoms with Gasteiger partial charge in [-0.3, -0.25) is 0 Å². The van der Waals surface area contributed by atoms with E-state index in [1.54, 1.807) is 0 Å². The zero-order chi connectivity index (χ0) is 15.3. The van der Waals surface area contributed by atoms with E-state index in [2.05, 4.69) is 27.7 Å². The minimum Gasteiger partial charge on any atom is -0.379 e. The van der Waals surface area contributed by atoms with Crippen LogP contribution >= 0.6 is 0 Å². The fourth-order valence-electron chi connectivity index (χ4n) is 1.63. The van der Waals surface area contributed by atoms with Gasteiger partial charge in [0.15, 0.2) is 0 Å². The Labute approximate surface area is 125 Å². The second-order valence-corrected chi connectivity index (χ2v) is 6.31. The fraction of sp³-hybridized carbons (Fsp3) is 1.00. The van der Waals surface area contributed by atoms with Gasteiger partial charge in [-0.2, -0.15) is 0 Å². The minimum atomic E-state index is 0.181. The number of unbranched alkanes of at least 4 members (excludes halogenated alkanes) is 1. The molecule has 0 saturated heterocycles. The Bertz CT molecular complexity index is 204. The molecule has 1 unspecified atom stereocenters. The molecule has 0 rings (SSSR count). The second-order valence-electron chi connectivity index (χ2n) is 6.31. The molecule has 0 fully saturated rings. The molecule has 20 heavy (non-hydrogen) atoms. The van der Waals surface area contributed by atoms with Crippen LogP contribution in [0.25, 0.3) is 0 Å². The molecule has 0 amide bonds. The third-order valence-electron chi connectivity index (χ3n) is 3.30. The maximum absolute atomic E-state index is 6.09. The maximum Gasteiger partial charge on any atom is 0.0701 e. The van der Waals surface area contributed by atoms with Gasteiger partial charge in [0.05, 0.1) is 26.4 Å². The lowest BCUT2D eigenvalue weighted by Crippen LogP contribution is -2.35. The third kappa shape index (κ3) is 12.9. The predicted molar refractivity (Wildman–Crippen MR) is 84.0 cm³/mol. The highest BCUT2D eigenvalue weighted by Crippen LogP contribution is 2.20. The summed E-state index contributed by atoms with van der Waals surface area (Å²) in [6.45, 7) is 12.9. The third-order valence-corrected chi connectivity index (χ3v) is 3.30. The lowest BCUT2D eigenvalue weighted by atomic mass is 9.85. The van der Waals surface area contributed by atoms with Crippen molar-refractivity contribution in [2.24, 2.45) is 11.1 Å². The largest absolute Gasteiger partial charge is 0.379 e. The van der Waals surface area contributed by atoms with Crippen LogP contribution in [-0.2, 0) is 14.2 Å². The van der Waals surface area contributed by atoms with Crippen molar-refractivity contribution in [2.45, 2.75) is 59.4 Å². The molecule has 2 N–H and O–H groups in total. The van der Waals surface area contributed by atoms with Crippen molar-refractivity contribution in [3.8, 4) is 0 Å². The second kappa shape index (κ2) is 12.6. The van der Waals surface area contributed by atoms with Crippen molar-refractivity contribution in [2.75, 3.05) is 39.6 Å². The van der Waals surface area contributed by atoms with E-state index in [1.165, 1.54) is 6.42 Å². The fourth-order valence-corrected chi connectivity index (χ4v) is 1.63. The summed E-state index contributed by atoms with van der Waals surface area (Å²) in [6, 6.07) is 0.239. The molecular formula is C16H35NO3. The smallest absolute Gasteiger partial charge is 0.0701 e. The lowest BCUT2D eigenvalue weighted by Gasteiger charge is -2.26. The Morgan fingerprint density at radius 3 is 1.70 bits per heavy atom. The van der Waals surface area contributed by atoms with Crippen LogP contribution in [0.15, 0.2) is 0 Å². The van der Waals surface area contributed by atoms with Gasteiger partial charge < -0.3 is 19.9 Å². The summed E-state index contributed by atoms with van der Waals surface area (Å²) in [6.07, 6.45) is 4.32. The van der Waals surface area contributed by atoms with Gasteiger partial charge in [-0.15, -0.1) is 0 Å². The molecule has 0 aliphatic carbocycles. The van der Waals surface area contributed by atoms with Gasteiger partial charge in [0, 0.05) is 19.3 Å². The quantitative estimate of drug-likeness (QED) is 0.530. The zero-order valence-electron chi connectivity index (χ0n) is 14.0. The topological polar surface area (TPSA) is 53.7 Å². The molecule has 0 heterocycles. The van der Waals surface area contributed by atoms with Crippen molar-refractivity contribution in [3.63, 3.8) is 0 Å². The van der Waals surface area contributed by atoms with E-state index in [9.17, 15) is 0 Å². The van der Waals surface area contributed by atoms with Gasteiger partial charge in [0.2, 0.25) is 0 Å². The maximum atomic E-state index is 6.09. The molecule has 4 nitrogen and oxygen atoms in total. The summed E-state index contributed by atoms with van der Waals surface area (Å²) in [5, 5.41) is 0. The molecule has 0 aliphatic heterocycles. The lowest BCUT2D eigenvalue weighted by molar-refractivity contribution is 0.0130. The van der Waals surface area contributed by atoms with E-state index in [0.717, 1.165) is 32.5 Å². The first-order chi connectivity index (χ1) is 9.48. The molecule has 4 heteroatoms. The van der Waals surface area contributed by atoms with Gasteiger partial charge in [0.25, 0.3) is 0 Å². The first-order valence-corrected chi connectivity index (χ1v) is 7.97. The summed E-state index contributed by atoms with van der Waals surface area (Å²) in [4.78, 5) is 0. The molecule has 0 radical (unpaired) electrons. The van der Waals surface area contributed by atoms with Crippen molar-refractivity contribution < 1.29 is 14.2 Å². The highest BCUT2D eigenvalue weighted by atomic mass is 16.5. The van der Waals surface area contributed by atoms with Crippen LogP contribution in [0, 0.1) is 5.41 Å². The number of rotatable bonds is 13. The molecule has 0 aliphatic rings. The number of nitrogens with two attached hydrogens (primary N) is 1. The molecule has 1 atom stereocenters. The van der Waals surface area contributed by atoms with E-state index in [4.69, 9.17) is 19.9 Å². The van der Waals surface area contributed by atoms with Crippen molar-refractivity contribution >= 4 is 0 Å². The van der Waals surface area contributed by atoms with Gasteiger partial charge in [0.1, 0.15) is 0 Å². The minimum absolute atomic E-state index is 0.181. The molecular weight excluding hydrogens is 254 g/mol. The Kier molecular flexibility index (Phi) is 12.5. The predicted octanol–water partition coefficient (Wildman–Crippen LogP) is 2.99. The average Bonchev–Trinajstić information content (AvgIpc) is 2.38. The summed E-state index contributed by atoms with van der Waals surface area (Å²) in [5.41, 5.74) is 6.27. The number of ether oxygens (including phenoxy) is 3. The van der Waals surface area contributed by atoms with Crippen LogP contribution in [0.1, 0.15) is 53.4 Å². The molecule has 0 aromatic heterocycles. The SMILES string of the molecule is CCCCOCCOCCOCCCC(N)C(C)(C)C. The van der Waals surface area contributed by atoms with Crippen LogP contribution in [0.5, 0.6) is 0 Å². The Balaban J connectivity index is 3.14. The van der Waals surface area contributed by atoms with Crippen molar-refractivity contribution in [3.05, 3.63) is 0 Å². The average molecular weight is 289 g/mol. The summed E-state index contributed by atoms with van der Waals surface area (Å²) < 4.78 is 16.3. The van der Waals surface area contributed by atoms with Crippen LogP contribution in [-0.4, -0.2) is 45.7 Å². The molecule has 122 valence electrons. The van der Waals surface area contributed by atoms with Crippen LogP contribution in [0.3, 0.4) is 0 Å². The van der Waals surface area contributed by atoms with Gasteiger partial charge in [-0.25, -0.2) is 0 Å². The van der Waals surface area contributed by atoms with Crippen LogP contribution < -0.4 is 5.73 Å². The molecule has 0 spiro atoms. The van der Waals surface area contributed by atoms with Crippen molar-refractivity contribution in [1.82, 2.24) is 0 Å².